The third-order valence-corrected chi connectivity index (χ3v) is 5.30. The Kier molecular flexibility index (Phi) is 4.60. The van der Waals surface area contributed by atoms with Crippen molar-refractivity contribution in [2.75, 3.05) is 12.0 Å². The Labute approximate surface area is 160 Å². The van der Waals surface area contributed by atoms with E-state index in [1.165, 1.54) is 11.3 Å². The maximum absolute atomic E-state index is 12.8. The van der Waals surface area contributed by atoms with E-state index in [1.54, 1.807) is 11.0 Å². The highest BCUT2D eigenvalue weighted by Crippen LogP contribution is 2.29. The predicted octanol–water partition coefficient (Wildman–Crippen LogP) is 4.25. The number of rotatable bonds is 5. The molecule has 2 aromatic carbocycles. The van der Waals surface area contributed by atoms with E-state index in [2.05, 4.69) is 15.4 Å². The van der Waals surface area contributed by atoms with E-state index in [0.717, 1.165) is 27.4 Å². The summed E-state index contributed by atoms with van der Waals surface area (Å²) in [4.78, 5) is 22.2. The number of hydrogen-bond acceptors (Lipinski definition) is 5. The zero-order valence-corrected chi connectivity index (χ0v) is 15.8. The molecule has 0 atom stereocenters. The summed E-state index contributed by atoms with van der Waals surface area (Å²) < 4.78 is 7.10. The minimum Gasteiger partial charge on any atom is -0.494 e. The molecule has 0 aliphatic heterocycles. The van der Waals surface area contributed by atoms with Crippen LogP contribution in [0.2, 0.25) is 0 Å². The van der Waals surface area contributed by atoms with Crippen LogP contribution in [0.15, 0.2) is 54.9 Å². The van der Waals surface area contributed by atoms with Crippen LogP contribution in [0, 0.1) is 6.92 Å². The van der Waals surface area contributed by atoms with Gasteiger partial charge in [-0.2, -0.15) is 0 Å². The van der Waals surface area contributed by atoms with E-state index >= 15 is 0 Å². The van der Waals surface area contributed by atoms with E-state index in [-0.39, 0.29) is 5.91 Å². The van der Waals surface area contributed by atoms with Gasteiger partial charge < -0.3 is 4.74 Å². The van der Waals surface area contributed by atoms with Crippen LogP contribution < -0.4 is 10.2 Å². The molecule has 0 unspecified atom stereocenters. The number of carbonyl (C=O) groups is 1. The van der Waals surface area contributed by atoms with Gasteiger partial charge in [0.25, 0.3) is 5.91 Å². The number of ether oxygens (including phenoxy) is 1. The number of aryl methyl sites for hydroxylation is 1. The molecule has 4 rings (SSSR count). The average molecular weight is 378 g/mol. The minimum atomic E-state index is -0.203. The lowest BCUT2D eigenvalue weighted by Gasteiger charge is -2.05. The first-order chi connectivity index (χ1) is 13.2. The van der Waals surface area contributed by atoms with Crippen molar-refractivity contribution in [2.45, 2.75) is 13.8 Å². The number of fused-ring (bicyclic) bond motifs is 1. The third-order valence-electron chi connectivity index (χ3n) is 4.09. The van der Waals surface area contributed by atoms with E-state index in [4.69, 9.17) is 4.74 Å². The molecule has 27 heavy (non-hydrogen) atoms. The topological polar surface area (TPSA) is 69.0 Å². The molecule has 2 aromatic heterocycles. The summed E-state index contributed by atoms with van der Waals surface area (Å²) in [5.41, 5.74) is 6.21. The van der Waals surface area contributed by atoms with Gasteiger partial charge in [-0.25, -0.2) is 14.6 Å². The Bertz CT molecular complexity index is 1100. The summed E-state index contributed by atoms with van der Waals surface area (Å²) in [5.74, 6) is 0.616. The number of carbonyl (C=O) groups excluding carboxylic acids is 1. The SMILES string of the molecule is CCOc1ccc(-c2nc(C)c(C(=O)Nn3cnc4ccccc43)s2)cc1. The molecule has 0 aliphatic rings. The predicted molar refractivity (Wildman–Crippen MR) is 107 cm³/mol. The van der Waals surface area contributed by atoms with Crippen LogP contribution in [0.4, 0.5) is 0 Å². The van der Waals surface area contributed by atoms with Crippen LogP contribution in [0.5, 0.6) is 5.75 Å². The molecule has 6 nitrogen and oxygen atoms in total. The van der Waals surface area contributed by atoms with Gasteiger partial charge in [0.1, 0.15) is 22.0 Å². The molecular formula is C20H18N4O2S. The Morgan fingerprint density at radius 3 is 2.74 bits per heavy atom. The second-order valence-corrected chi connectivity index (χ2v) is 6.93. The number of benzene rings is 2. The normalized spacial score (nSPS) is 10.9. The number of thiazole rings is 1. The summed E-state index contributed by atoms with van der Waals surface area (Å²) in [7, 11) is 0. The highest BCUT2D eigenvalue weighted by atomic mass is 32.1. The van der Waals surface area contributed by atoms with Crippen LogP contribution in [0.1, 0.15) is 22.3 Å². The standard InChI is InChI=1S/C20H18N4O2S/c1-3-26-15-10-8-14(9-11-15)20-22-13(2)18(27-20)19(25)23-24-12-21-16-6-4-5-7-17(16)24/h4-12H,3H2,1-2H3,(H,23,25). The van der Waals surface area contributed by atoms with Crippen molar-refractivity contribution >= 4 is 28.3 Å². The highest BCUT2D eigenvalue weighted by molar-refractivity contribution is 7.17. The van der Waals surface area contributed by atoms with E-state index in [0.29, 0.717) is 17.2 Å². The minimum absolute atomic E-state index is 0.203. The quantitative estimate of drug-likeness (QED) is 0.564. The summed E-state index contributed by atoms with van der Waals surface area (Å²) in [6.07, 6.45) is 1.60. The van der Waals surface area contributed by atoms with Gasteiger partial charge in [-0.3, -0.25) is 10.2 Å². The molecule has 0 fully saturated rings. The van der Waals surface area contributed by atoms with Crippen molar-refractivity contribution in [3.05, 3.63) is 65.4 Å². The molecule has 7 heteroatoms. The molecule has 0 saturated heterocycles. The second kappa shape index (κ2) is 7.20. The van der Waals surface area contributed by atoms with Crippen LogP contribution in [0.3, 0.4) is 0 Å². The Morgan fingerprint density at radius 1 is 1.19 bits per heavy atom. The monoisotopic (exact) mass is 378 g/mol. The fourth-order valence-electron chi connectivity index (χ4n) is 2.80. The van der Waals surface area contributed by atoms with Crippen molar-refractivity contribution in [3.63, 3.8) is 0 Å². The average Bonchev–Trinajstić information content (AvgIpc) is 3.27. The molecule has 0 spiro atoms. The zero-order valence-electron chi connectivity index (χ0n) is 15.0. The van der Waals surface area contributed by atoms with Crippen molar-refractivity contribution < 1.29 is 9.53 Å². The van der Waals surface area contributed by atoms with Crippen LogP contribution in [-0.2, 0) is 0 Å². The van der Waals surface area contributed by atoms with Crippen molar-refractivity contribution in [1.82, 2.24) is 14.6 Å². The third kappa shape index (κ3) is 3.41. The first-order valence-electron chi connectivity index (χ1n) is 8.60. The maximum Gasteiger partial charge on any atom is 0.282 e. The van der Waals surface area contributed by atoms with E-state index in [1.807, 2.05) is 62.4 Å². The molecule has 4 aromatic rings. The second-order valence-electron chi connectivity index (χ2n) is 5.94. The van der Waals surface area contributed by atoms with Gasteiger partial charge in [0.15, 0.2) is 0 Å². The summed E-state index contributed by atoms with van der Waals surface area (Å²) in [6.45, 7) is 4.42. The first kappa shape index (κ1) is 17.2. The molecule has 0 aliphatic carbocycles. The van der Waals surface area contributed by atoms with Gasteiger partial charge in [-0.1, -0.05) is 12.1 Å². The van der Waals surface area contributed by atoms with Crippen molar-refractivity contribution in [2.24, 2.45) is 0 Å². The lowest BCUT2D eigenvalue weighted by molar-refractivity contribution is 0.101. The molecule has 136 valence electrons. The smallest absolute Gasteiger partial charge is 0.282 e. The summed E-state index contributed by atoms with van der Waals surface area (Å²) in [5, 5.41) is 0.802. The van der Waals surface area contributed by atoms with Crippen LogP contribution in [-0.4, -0.2) is 27.2 Å². The van der Waals surface area contributed by atoms with E-state index in [9.17, 15) is 4.79 Å². The van der Waals surface area contributed by atoms with Crippen LogP contribution in [0.25, 0.3) is 21.6 Å². The first-order valence-corrected chi connectivity index (χ1v) is 9.41. The molecule has 0 bridgehead atoms. The Balaban J connectivity index is 1.58. The van der Waals surface area contributed by atoms with E-state index < -0.39 is 0 Å². The number of nitrogens with zero attached hydrogens (tertiary/aromatic N) is 3. The van der Waals surface area contributed by atoms with Gasteiger partial charge in [-0.05, 0) is 50.2 Å². The highest BCUT2D eigenvalue weighted by Gasteiger charge is 2.17. The van der Waals surface area contributed by atoms with Crippen molar-refractivity contribution in [1.29, 1.82) is 0 Å². The number of hydrogen-bond donors (Lipinski definition) is 1. The fourth-order valence-corrected chi connectivity index (χ4v) is 3.76. The summed E-state index contributed by atoms with van der Waals surface area (Å²) in [6, 6.07) is 15.4. The summed E-state index contributed by atoms with van der Waals surface area (Å²) >= 11 is 1.37. The molecule has 2 heterocycles. The largest absolute Gasteiger partial charge is 0.494 e. The van der Waals surface area contributed by atoms with Gasteiger partial charge in [0, 0.05) is 5.56 Å². The van der Waals surface area contributed by atoms with Gasteiger partial charge in [0.05, 0.1) is 23.3 Å². The van der Waals surface area contributed by atoms with Gasteiger partial charge in [0.2, 0.25) is 0 Å². The number of para-hydroxylation sites is 2. The maximum atomic E-state index is 12.8. The number of nitrogens with one attached hydrogen (secondary N) is 1. The Hall–Kier alpha value is -3.19. The number of amides is 1. The Morgan fingerprint density at radius 2 is 1.96 bits per heavy atom. The lowest BCUT2D eigenvalue weighted by Crippen LogP contribution is -2.21. The molecule has 0 radical (unpaired) electrons. The molecule has 1 amide bonds. The molecule has 0 saturated carbocycles. The zero-order chi connectivity index (χ0) is 18.8. The number of imidazole rings is 1. The lowest BCUT2D eigenvalue weighted by atomic mass is 10.2. The van der Waals surface area contributed by atoms with Gasteiger partial charge in [-0.15, -0.1) is 11.3 Å². The number of aromatic nitrogens is 3. The van der Waals surface area contributed by atoms with Crippen LogP contribution >= 0.6 is 11.3 Å². The van der Waals surface area contributed by atoms with Gasteiger partial charge >= 0.3 is 0 Å². The van der Waals surface area contributed by atoms with Crippen molar-refractivity contribution in [3.8, 4) is 16.3 Å². The fraction of sp³-hybridized carbons (Fsp3) is 0.150. The molecular weight excluding hydrogens is 360 g/mol. The molecule has 1 N–H and O–H groups in total.